The van der Waals surface area contributed by atoms with Crippen LogP contribution in [0.5, 0.6) is 0 Å². The first kappa shape index (κ1) is 10.2. The molecule has 3 nitrogen and oxygen atoms in total. The second-order valence-corrected chi connectivity index (χ2v) is 3.84. The van der Waals surface area contributed by atoms with Crippen molar-refractivity contribution in [3.63, 3.8) is 0 Å². The van der Waals surface area contributed by atoms with Crippen molar-refractivity contribution in [1.29, 1.82) is 0 Å². The van der Waals surface area contributed by atoms with Gasteiger partial charge in [0.25, 0.3) is 0 Å². The second-order valence-electron chi connectivity index (χ2n) is 3.40. The van der Waals surface area contributed by atoms with Crippen LogP contribution in [0.25, 0.3) is 0 Å². The minimum absolute atomic E-state index is 0.0932. The Bertz CT molecular complexity index is 397. The summed E-state index contributed by atoms with van der Waals surface area (Å²) in [6.45, 7) is 0.631. The predicted molar refractivity (Wildman–Crippen MR) is 56.4 cm³/mol. The van der Waals surface area contributed by atoms with Gasteiger partial charge in [-0.25, -0.2) is 4.39 Å². The van der Waals surface area contributed by atoms with E-state index in [2.05, 4.69) is 10.6 Å². The second kappa shape index (κ2) is 4.06. The zero-order valence-corrected chi connectivity index (χ0v) is 8.64. The quantitative estimate of drug-likeness (QED) is 0.810. The zero-order valence-electron chi connectivity index (χ0n) is 7.89. The van der Waals surface area contributed by atoms with Gasteiger partial charge in [0.2, 0.25) is 5.91 Å². The van der Waals surface area contributed by atoms with Crippen LogP contribution in [0.2, 0.25) is 5.02 Å². The van der Waals surface area contributed by atoms with Gasteiger partial charge in [-0.15, -0.1) is 0 Å². The van der Waals surface area contributed by atoms with Crippen LogP contribution >= 0.6 is 11.6 Å². The van der Waals surface area contributed by atoms with Gasteiger partial charge in [-0.2, -0.15) is 0 Å². The fourth-order valence-corrected chi connectivity index (χ4v) is 1.68. The predicted octanol–water partition coefficient (Wildman–Crippen LogP) is 1.78. The Morgan fingerprint density at radius 3 is 2.93 bits per heavy atom. The first-order valence-corrected chi connectivity index (χ1v) is 5.04. The molecule has 1 fully saturated rings. The van der Waals surface area contributed by atoms with Gasteiger partial charge in [-0.1, -0.05) is 11.6 Å². The molecule has 1 heterocycles. The Morgan fingerprint density at radius 2 is 2.33 bits per heavy atom. The molecule has 1 saturated heterocycles. The van der Waals surface area contributed by atoms with Gasteiger partial charge in [-0.05, 0) is 24.6 Å². The number of anilines is 1. The lowest BCUT2D eigenvalue weighted by Crippen LogP contribution is -2.29. The number of carbonyl (C=O) groups excluding carboxylic acids is 1. The zero-order chi connectivity index (χ0) is 10.8. The van der Waals surface area contributed by atoms with Crippen LogP contribution in [0.3, 0.4) is 0 Å². The molecule has 1 aliphatic heterocycles. The lowest BCUT2D eigenvalue weighted by molar-refractivity contribution is -0.119. The summed E-state index contributed by atoms with van der Waals surface area (Å²) in [5, 5.41) is 5.85. The van der Waals surface area contributed by atoms with Crippen LogP contribution < -0.4 is 10.6 Å². The van der Waals surface area contributed by atoms with E-state index in [1.807, 2.05) is 0 Å². The Kier molecular flexibility index (Phi) is 2.77. The smallest absolute Gasteiger partial charge is 0.242 e. The fourth-order valence-electron chi connectivity index (χ4n) is 1.53. The summed E-state index contributed by atoms with van der Waals surface area (Å²) in [6, 6.07) is 3.99. The van der Waals surface area contributed by atoms with Gasteiger partial charge < -0.3 is 10.6 Å². The molecule has 5 heteroatoms. The summed E-state index contributed by atoms with van der Waals surface area (Å²) >= 11 is 5.62. The number of rotatable bonds is 2. The summed E-state index contributed by atoms with van der Waals surface area (Å²) in [7, 11) is 0. The van der Waals surface area contributed by atoms with Gasteiger partial charge >= 0.3 is 0 Å². The number of hydrogen-bond acceptors (Lipinski definition) is 2. The SMILES string of the molecule is O=C1NCCC1Nc1ccc(Cl)cc1F. The molecule has 1 unspecified atom stereocenters. The molecule has 0 aromatic heterocycles. The molecule has 2 rings (SSSR count). The van der Waals surface area contributed by atoms with Crippen molar-refractivity contribution in [2.75, 3.05) is 11.9 Å². The third-order valence-electron chi connectivity index (χ3n) is 2.31. The van der Waals surface area contributed by atoms with Gasteiger partial charge in [0, 0.05) is 11.6 Å². The van der Waals surface area contributed by atoms with E-state index in [0.29, 0.717) is 23.7 Å². The first-order valence-electron chi connectivity index (χ1n) is 4.66. The molecule has 0 spiro atoms. The average Bonchev–Trinajstić information content (AvgIpc) is 2.57. The summed E-state index contributed by atoms with van der Waals surface area (Å²) in [4.78, 5) is 11.2. The van der Waals surface area contributed by atoms with Gasteiger partial charge in [0.15, 0.2) is 0 Å². The van der Waals surface area contributed by atoms with Crippen LogP contribution in [0.1, 0.15) is 6.42 Å². The van der Waals surface area contributed by atoms with E-state index < -0.39 is 5.82 Å². The molecule has 15 heavy (non-hydrogen) atoms. The number of carbonyl (C=O) groups is 1. The highest BCUT2D eigenvalue weighted by molar-refractivity contribution is 6.30. The first-order chi connectivity index (χ1) is 7.16. The standard InChI is InChI=1S/C10H10ClFN2O/c11-6-1-2-8(7(12)5-6)14-9-3-4-13-10(9)15/h1-2,5,9,14H,3-4H2,(H,13,15). The topological polar surface area (TPSA) is 41.1 Å². The van der Waals surface area contributed by atoms with Gasteiger partial charge in [0.1, 0.15) is 11.9 Å². The van der Waals surface area contributed by atoms with Crippen LogP contribution in [0, 0.1) is 5.82 Å². The highest BCUT2D eigenvalue weighted by atomic mass is 35.5. The van der Waals surface area contributed by atoms with Gasteiger partial charge in [0.05, 0.1) is 5.69 Å². The summed E-state index contributed by atoms with van der Waals surface area (Å²) in [6.07, 6.45) is 0.668. The maximum Gasteiger partial charge on any atom is 0.242 e. The number of benzene rings is 1. The molecule has 0 bridgehead atoms. The van der Waals surface area contributed by atoms with Crippen molar-refractivity contribution in [1.82, 2.24) is 5.32 Å². The minimum atomic E-state index is -0.442. The van der Waals surface area contributed by atoms with E-state index >= 15 is 0 Å². The van der Waals surface area contributed by atoms with Crippen molar-refractivity contribution in [2.45, 2.75) is 12.5 Å². The highest BCUT2D eigenvalue weighted by Gasteiger charge is 2.24. The normalized spacial score (nSPS) is 20.1. The van der Waals surface area contributed by atoms with E-state index in [1.54, 1.807) is 6.07 Å². The van der Waals surface area contributed by atoms with Crippen molar-refractivity contribution >= 4 is 23.2 Å². The van der Waals surface area contributed by atoms with E-state index in [-0.39, 0.29) is 11.9 Å². The Morgan fingerprint density at radius 1 is 1.53 bits per heavy atom. The third-order valence-corrected chi connectivity index (χ3v) is 2.54. The van der Waals surface area contributed by atoms with Gasteiger partial charge in [-0.3, -0.25) is 4.79 Å². The molecule has 1 aromatic rings. The molecule has 0 radical (unpaired) electrons. The molecule has 1 atom stereocenters. The number of halogens is 2. The summed E-state index contributed by atoms with van der Waals surface area (Å²) in [5.41, 5.74) is 0.307. The van der Waals surface area contributed by atoms with Crippen molar-refractivity contribution in [3.05, 3.63) is 29.0 Å². The Balaban J connectivity index is 2.13. The average molecular weight is 229 g/mol. The largest absolute Gasteiger partial charge is 0.371 e. The lowest BCUT2D eigenvalue weighted by atomic mass is 10.2. The van der Waals surface area contributed by atoms with E-state index in [0.717, 1.165) is 0 Å². The van der Waals surface area contributed by atoms with Crippen LogP contribution in [-0.4, -0.2) is 18.5 Å². The van der Waals surface area contributed by atoms with Crippen molar-refractivity contribution in [3.8, 4) is 0 Å². The van der Waals surface area contributed by atoms with Crippen LogP contribution in [-0.2, 0) is 4.79 Å². The Labute approximate surface area is 91.6 Å². The molecule has 1 aliphatic rings. The van der Waals surface area contributed by atoms with E-state index in [9.17, 15) is 9.18 Å². The summed E-state index contributed by atoms with van der Waals surface area (Å²) in [5.74, 6) is -0.536. The molecule has 2 N–H and O–H groups in total. The number of hydrogen-bond donors (Lipinski definition) is 2. The highest BCUT2D eigenvalue weighted by Crippen LogP contribution is 2.20. The molecule has 1 amide bonds. The van der Waals surface area contributed by atoms with E-state index in [1.165, 1.54) is 12.1 Å². The Hall–Kier alpha value is -1.29. The van der Waals surface area contributed by atoms with Crippen molar-refractivity contribution in [2.24, 2.45) is 0 Å². The molecule has 1 aromatic carbocycles. The van der Waals surface area contributed by atoms with E-state index in [4.69, 9.17) is 11.6 Å². The fraction of sp³-hybridized carbons (Fsp3) is 0.300. The maximum absolute atomic E-state index is 13.4. The number of nitrogens with one attached hydrogen (secondary N) is 2. The number of amides is 1. The third kappa shape index (κ3) is 2.21. The molecule has 0 aliphatic carbocycles. The molecule has 0 saturated carbocycles. The molecule has 80 valence electrons. The molecular formula is C10H10ClFN2O. The van der Waals surface area contributed by atoms with Crippen molar-refractivity contribution < 1.29 is 9.18 Å². The molecular weight excluding hydrogens is 219 g/mol. The minimum Gasteiger partial charge on any atom is -0.371 e. The lowest BCUT2D eigenvalue weighted by Gasteiger charge is -2.12. The monoisotopic (exact) mass is 228 g/mol. The van der Waals surface area contributed by atoms with Crippen LogP contribution in [0.4, 0.5) is 10.1 Å². The van der Waals surface area contributed by atoms with Crippen LogP contribution in [0.15, 0.2) is 18.2 Å². The summed E-state index contributed by atoms with van der Waals surface area (Å²) < 4.78 is 13.4. The maximum atomic E-state index is 13.4.